The Hall–Kier alpha value is -1.64. The van der Waals surface area contributed by atoms with Crippen molar-refractivity contribution in [3.63, 3.8) is 0 Å². The van der Waals surface area contributed by atoms with Gasteiger partial charge in [-0.3, -0.25) is 9.59 Å². The topological polar surface area (TPSA) is 54.4 Å². The highest BCUT2D eigenvalue weighted by Gasteiger charge is 2.20. The molecular weight excluding hydrogens is 228 g/mol. The van der Waals surface area contributed by atoms with Crippen molar-refractivity contribution < 1.29 is 14.7 Å². The van der Waals surface area contributed by atoms with Gasteiger partial charge in [-0.05, 0) is 31.8 Å². The van der Waals surface area contributed by atoms with Crippen LogP contribution < -0.4 is 0 Å². The predicted octanol–water partition coefficient (Wildman–Crippen LogP) is 3.28. The van der Waals surface area contributed by atoms with Crippen LogP contribution in [0, 0.1) is 5.92 Å². The normalized spacial score (nSPS) is 21.3. The number of aliphatic carboxylic acids is 1. The second kappa shape index (κ2) is 7.64. The average Bonchev–Trinajstić information content (AvgIpc) is 2.66. The summed E-state index contributed by atoms with van der Waals surface area (Å²) in [6.07, 6.45) is 13.0. The Labute approximate surface area is 108 Å². The molecule has 18 heavy (non-hydrogen) atoms. The summed E-state index contributed by atoms with van der Waals surface area (Å²) in [5.74, 6) is -0.421. The predicted molar refractivity (Wildman–Crippen MR) is 71.3 cm³/mol. The van der Waals surface area contributed by atoms with Gasteiger partial charge in [0.25, 0.3) is 0 Å². The Morgan fingerprint density at radius 2 is 2.22 bits per heavy atom. The van der Waals surface area contributed by atoms with Crippen LogP contribution in [0.3, 0.4) is 0 Å². The van der Waals surface area contributed by atoms with E-state index in [1.54, 1.807) is 6.08 Å². The molecule has 0 saturated carbocycles. The van der Waals surface area contributed by atoms with Crippen molar-refractivity contribution in [2.75, 3.05) is 0 Å². The smallest absolute Gasteiger partial charge is 0.303 e. The largest absolute Gasteiger partial charge is 0.481 e. The molecule has 0 heterocycles. The number of hydrogen-bond donors (Lipinski definition) is 1. The number of carboxylic acids is 1. The molecule has 1 aliphatic rings. The minimum absolute atomic E-state index is 0.126. The number of rotatable bonds is 7. The number of unbranched alkanes of at least 4 members (excludes halogenated alkanes) is 1. The maximum atomic E-state index is 11.5. The van der Waals surface area contributed by atoms with E-state index in [2.05, 4.69) is 0 Å². The molecule has 1 atom stereocenters. The molecule has 0 aromatic rings. The van der Waals surface area contributed by atoms with Crippen LogP contribution in [0.5, 0.6) is 0 Å². The highest BCUT2D eigenvalue weighted by Crippen LogP contribution is 2.25. The molecule has 3 heteroatoms. The maximum Gasteiger partial charge on any atom is 0.303 e. The van der Waals surface area contributed by atoms with Crippen molar-refractivity contribution in [2.24, 2.45) is 5.92 Å². The van der Waals surface area contributed by atoms with E-state index >= 15 is 0 Å². The standard InChI is InChI=1S/C15H20O3/c1-2-7-13-12(10-11-14(13)16)8-5-3-4-6-9-15(17)18/h3,5,7,10-12H,2,4,6,8-9H2,1H3,(H,17,18)/b5-3-,13-7+. The highest BCUT2D eigenvalue weighted by atomic mass is 16.4. The Bertz CT molecular complexity index is 389. The number of carbonyl (C=O) groups is 2. The molecule has 0 aromatic heterocycles. The molecule has 0 amide bonds. The Morgan fingerprint density at radius 3 is 2.89 bits per heavy atom. The zero-order valence-electron chi connectivity index (χ0n) is 10.8. The van der Waals surface area contributed by atoms with Crippen molar-refractivity contribution in [1.29, 1.82) is 0 Å². The van der Waals surface area contributed by atoms with Crippen LogP contribution in [0.25, 0.3) is 0 Å². The van der Waals surface area contributed by atoms with Gasteiger partial charge < -0.3 is 5.11 Å². The van der Waals surface area contributed by atoms with Gasteiger partial charge in [0.1, 0.15) is 0 Å². The third-order valence-electron chi connectivity index (χ3n) is 2.91. The van der Waals surface area contributed by atoms with Crippen molar-refractivity contribution >= 4 is 11.8 Å². The third kappa shape index (κ3) is 4.70. The van der Waals surface area contributed by atoms with Crippen LogP contribution in [0.1, 0.15) is 39.0 Å². The Balaban J connectivity index is 2.32. The number of carboxylic acid groups (broad SMARTS) is 1. The van der Waals surface area contributed by atoms with Gasteiger partial charge in [-0.15, -0.1) is 0 Å². The quantitative estimate of drug-likeness (QED) is 0.427. The highest BCUT2D eigenvalue weighted by molar-refractivity contribution is 6.07. The van der Waals surface area contributed by atoms with E-state index in [-0.39, 0.29) is 18.1 Å². The molecular formula is C15H20O3. The minimum Gasteiger partial charge on any atom is -0.481 e. The van der Waals surface area contributed by atoms with Crippen molar-refractivity contribution in [1.82, 2.24) is 0 Å². The average molecular weight is 248 g/mol. The van der Waals surface area contributed by atoms with E-state index in [1.807, 2.05) is 31.2 Å². The van der Waals surface area contributed by atoms with Gasteiger partial charge in [-0.2, -0.15) is 0 Å². The molecule has 1 rings (SSSR count). The lowest BCUT2D eigenvalue weighted by atomic mass is 9.97. The molecule has 98 valence electrons. The van der Waals surface area contributed by atoms with Gasteiger partial charge >= 0.3 is 5.97 Å². The number of allylic oxidation sites excluding steroid dienone is 6. The molecule has 3 nitrogen and oxygen atoms in total. The molecule has 1 aliphatic carbocycles. The first-order valence-corrected chi connectivity index (χ1v) is 6.44. The molecule has 0 aromatic carbocycles. The number of hydrogen-bond acceptors (Lipinski definition) is 2. The minimum atomic E-state index is -0.749. The molecule has 0 bridgehead atoms. The van der Waals surface area contributed by atoms with Crippen molar-refractivity contribution in [2.45, 2.75) is 39.0 Å². The fourth-order valence-electron chi connectivity index (χ4n) is 2.00. The van der Waals surface area contributed by atoms with Gasteiger partial charge in [0, 0.05) is 17.9 Å². The zero-order valence-corrected chi connectivity index (χ0v) is 10.8. The van der Waals surface area contributed by atoms with Gasteiger partial charge in [0.2, 0.25) is 0 Å². The molecule has 0 radical (unpaired) electrons. The molecule has 0 fully saturated rings. The van der Waals surface area contributed by atoms with E-state index in [9.17, 15) is 9.59 Å². The van der Waals surface area contributed by atoms with Crippen LogP contribution in [0.2, 0.25) is 0 Å². The Kier molecular flexibility index (Phi) is 6.12. The first-order chi connectivity index (χ1) is 8.65. The second-order valence-corrected chi connectivity index (χ2v) is 4.39. The summed E-state index contributed by atoms with van der Waals surface area (Å²) in [7, 11) is 0. The van der Waals surface area contributed by atoms with Crippen LogP contribution in [-0.4, -0.2) is 16.9 Å². The Morgan fingerprint density at radius 1 is 1.44 bits per heavy atom. The summed E-state index contributed by atoms with van der Waals surface area (Å²) in [5.41, 5.74) is 0.896. The number of carbonyl (C=O) groups excluding carboxylic acids is 1. The first kappa shape index (κ1) is 14.4. The first-order valence-electron chi connectivity index (χ1n) is 6.44. The summed E-state index contributed by atoms with van der Waals surface area (Å²) in [5, 5.41) is 8.49. The van der Waals surface area contributed by atoms with E-state index in [1.165, 1.54) is 0 Å². The van der Waals surface area contributed by atoms with Gasteiger partial charge in [-0.25, -0.2) is 0 Å². The van der Waals surface area contributed by atoms with E-state index in [0.717, 1.165) is 24.8 Å². The monoisotopic (exact) mass is 248 g/mol. The lowest BCUT2D eigenvalue weighted by molar-refractivity contribution is -0.137. The molecule has 1 unspecified atom stereocenters. The summed E-state index contributed by atoms with van der Waals surface area (Å²) in [6.45, 7) is 2.03. The van der Waals surface area contributed by atoms with Gasteiger partial charge in [0.15, 0.2) is 5.78 Å². The lowest BCUT2D eigenvalue weighted by Crippen LogP contribution is -2.01. The summed E-state index contributed by atoms with van der Waals surface area (Å²) in [6, 6.07) is 0. The molecule has 1 N–H and O–H groups in total. The fraction of sp³-hybridized carbons (Fsp3) is 0.467. The maximum absolute atomic E-state index is 11.5. The summed E-state index contributed by atoms with van der Waals surface area (Å²) < 4.78 is 0. The SMILES string of the molecule is CC/C=C1/C(=O)C=CC1C/C=C\CCCC(=O)O. The van der Waals surface area contributed by atoms with E-state index in [0.29, 0.717) is 6.42 Å². The molecule has 0 spiro atoms. The van der Waals surface area contributed by atoms with Gasteiger partial charge in [-0.1, -0.05) is 31.2 Å². The summed E-state index contributed by atoms with van der Waals surface area (Å²) in [4.78, 5) is 21.9. The third-order valence-corrected chi connectivity index (χ3v) is 2.91. The lowest BCUT2D eigenvalue weighted by Gasteiger charge is -2.06. The fourth-order valence-corrected chi connectivity index (χ4v) is 2.00. The van der Waals surface area contributed by atoms with Crippen LogP contribution in [0.4, 0.5) is 0 Å². The van der Waals surface area contributed by atoms with Crippen molar-refractivity contribution in [3.05, 3.63) is 36.0 Å². The molecule has 0 saturated heterocycles. The van der Waals surface area contributed by atoms with E-state index < -0.39 is 5.97 Å². The van der Waals surface area contributed by atoms with Crippen molar-refractivity contribution in [3.8, 4) is 0 Å². The zero-order chi connectivity index (χ0) is 13.4. The van der Waals surface area contributed by atoms with Crippen LogP contribution >= 0.6 is 0 Å². The number of ketones is 1. The van der Waals surface area contributed by atoms with Gasteiger partial charge in [0.05, 0.1) is 0 Å². The molecule has 0 aliphatic heterocycles. The second-order valence-electron chi connectivity index (χ2n) is 4.39. The van der Waals surface area contributed by atoms with E-state index in [4.69, 9.17) is 5.11 Å². The van der Waals surface area contributed by atoms with Crippen LogP contribution in [-0.2, 0) is 9.59 Å². The summed E-state index contributed by atoms with van der Waals surface area (Å²) >= 11 is 0. The van der Waals surface area contributed by atoms with Crippen LogP contribution in [0.15, 0.2) is 36.0 Å².